The molecule has 0 aliphatic rings. The van der Waals surface area contributed by atoms with Gasteiger partial charge in [-0.2, -0.15) is 0 Å². The van der Waals surface area contributed by atoms with E-state index in [0.29, 0.717) is 20.8 Å². The van der Waals surface area contributed by atoms with Crippen LogP contribution >= 0.6 is 34.8 Å². The Bertz CT molecular complexity index is 644. The van der Waals surface area contributed by atoms with Crippen LogP contribution in [0.25, 0.3) is 0 Å². The molecule has 0 saturated heterocycles. The topological polar surface area (TPSA) is 21.3 Å². The van der Waals surface area contributed by atoms with Gasteiger partial charge in [0.15, 0.2) is 0 Å². The summed E-state index contributed by atoms with van der Waals surface area (Å²) in [6.45, 7) is 5.86. The third kappa shape index (κ3) is 4.27. The minimum Gasteiger partial charge on any atom is -0.455 e. The molecule has 2 aromatic carbocycles. The second kappa shape index (κ2) is 7.37. The zero-order chi connectivity index (χ0) is 15.4. The zero-order valence-corrected chi connectivity index (χ0v) is 14.1. The maximum absolute atomic E-state index is 6.13. The van der Waals surface area contributed by atoms with Gasteiger partial charge >= 0.3 is 0 Å². The average Bonchev–Trinajstić information content (AvgIpc) is 2.45. The molecule has 5 heteroatoms. The molecule has 2 rings (SSSR count). The van der Waals surface area contributed by atoms with Gasteiger partial charge in [-0.1, -0.05) is 53.9 Å². The van der Waals surface area contributed by atoms with Gasteiger partial charge in [-0.05, 0) is 36.7 Å². The van der Waals surface area contributed by atoms with Crippen LogP contribution in [0.4, 0.5) is 0 Å². The normalized spacial score (nSPS) is 10.7. The minimum absolute atomic E-state index is 0.409. The second-order valence-electron chi connectivity index (χ2n) is 4.68. The predicted octanol–water partition coefficient (Wildman–Crippen LogP) is 5.86. The van der Waals surface area contributed by atoms with E-state index in [1.807, 2.05) is 19.1 Å². The number of hydrogen-bond acceptors (Lipinski definition) is 2. The van der Waals surface area contributed by atoms with Gasteiger partial charge < -0.3 is 10.1 Å². The Hall–Kier alpha value is -0.930. The van der Waals surface area contributed by atoms with Crippen LogP contribution in [0.1, 0.15) is 18.1 Å². The molecule has 0 saturated carbocycles. The first-order valence-electron chi connectivity index (χ1n) is 6.64. The third-order valence-electron chi connectivity index (χ3n) is 3.01. The van der Waals surface area contributed by atoms with Crippen molar-refractivity contribution in [2.75, 3.05) is 6.54 Å². The molecule has 2 nitrogen and oxygen atoms in total. The summed E-state index contributed by atoms with van der Waals surface area (Å²) < 4.78 is 5.84. The molecular formula is C16H16Cl3NO. The van der Waals surface area contributed by atoms with E-state index in [1.165, 1.54) is 5.56 Å². The maximum Gasteiger partial charge on any atom is 0.147 e. The highest BCUT2D eigenvalue weighted by molar-refractivity contribution is 6.43. The van der Waals surface area contributed by atoms with E-state index in [9.17, 15) is 0 Å². The van der Waals surface area contributed by atoms with Crippen molar-refractivity contribution in [3.63, 3.8) is 0 Å². The van der Waals surface area contributed by atoms with Crippen molar-refractivity contribution in [1.82, 2.24) is 5.32 Å². The molecule has 0 heterocycles. The lowest BCUT2D eigenvalue weighted by atomic mass is 10.1. The van der Waals surface area contributed by atoms with Gasteiger partial charge in [-0.25, -0.2) is 0 Å². The van der Waals surface area contributed by atoms with E-state index in [0.717, 1.165) is 24.4 Å². The van der Waals surface area contributed by atoms with E-state index in [4.69, 9.17) is 39.5 Å². The summed E-state index contributed by atoms with van der Waals surface area (Å²) in [5, 5.41) is 4.54. The lowest BCUT2D eigenvalue weighted by molar-refractivity contribution is 0.479. The van der Waals surface area contributed by atoms with Crippen molar-refractivity contribution in [3.8, 4) is 11.5 Å². The van der Waals surface area contributed by atoms with Crippen LogP contribution in [0, 0.1) is 6.92 Å². The number of nitrogens with one attached hydrogen (secondary N) is 1. The van der Waals surface area contributed by atoms with Gasteiger partial charge in [0.1, 0.15) is 11.5 Å². The van der Waals surface area contributed by atoms with E-state index >= 15 is 0 Å². The molecule has 112 valence electrons. The Labute approximate surface area is 140 Å². The van der Waals surface area contributed by atoms with E-state index in [2.05, 4.69) is 18.3 Å². The summed E-state index contributed by atoms with van der Waals surface area (Å²) in [5.41, 5.74) is 2.24. The van der Waals surface area contributed by atoms with Gasteiger partial charge in [0.2, 0.25) is 0 Å². The third-order valence-corrected chi connectivity index (χ3v) is 4.03. The summed E-state index contributed by atoms with van der Waals surface area (Å²) in [5.74, 6) is 1.24. The Balaban J connectivity index is 2.22. The Morgan fingerprint density at radius 3 is 2.33 bits per heavy atom. The highest BCUT2D eigenvalue weighted by Crippen LogP contribution is 2.37. The molecule has 0 unspecified atom stereocenters. The van der Waals surface area contributed by atoms with Crippen LogP contribution < -0.4 is 10.1 Å². The first kappa shape index (κ1) is 16.4. The van der Waals surface area contributed by atoms with Crippen LogP contribution in [0.3, 0.4) is 0 Å². The minimum atomic E-state index is 0.409. The SMILES string of the molecule is CCNCc1ccc(Oc2cc(Cl)c(Cl)cc2Cl)c(C)c1. The smallest absolute Gasteiger partial charge is 0.147 e. The molecule has 0 fully saturated rings. The lowest BCUT2D eigenvalue weighted by Gasteiger charge is -2.12. The zero-order valence-electron chi connectivity index (χ0n) is 11.8. The largest absolute Gasteiger partial charge is 0.455 e. The summed E-state index contributed by atoms with van der Waals surface area (Å²) in [6.07, 6.45) is 0. The van der Waals surface area contributed by atoms with Crippen molar-refractivity contribution < 1.29 is 4.74 Å². The Morgan fingerprint density at radius 1 is 0.952 bits per heavy atom. The number of rotatable bonds is 5. The Morgan fingerprint density at radius 2 is 1.67 bits per heavy atom. The van der Waals surface area contributed by atoms with Crippen molar-refractivity contribution in [1.29, 1.82) is 0 Å². The fourth-order valence-corrected chi connectivity index (χ4v) is 2.48. The molecule has 2 aromatic rings. The maximum atomic E-state index is 6.13. The molecule has 0 spiro atoms. The molecule has 0 aliphatic carbocycles. The fraction of sp³-hybridized carbons (Fsp3) is 0.250. The highest BCUT2D eigenvalue weighted by Gasteiger charge is 2.10. The van der Waals surface area contributed by atoms with E-state index in [1.54, 1.807) is 12.1 Å². The molecule has 21 heavy (non-hydrogen) atoms. The van der Waals surface area contributed by atoms with Gasteiger partial charge in [0, 0.05) is 12.6 Å². The first-order chi connectivity index (χ1) is 10.0. The fourth-order valence-electron chi connectivity index (χ4n) is 1.91. The summed E-state index contributed by atoms with van der Waals surface area (Å²) in [4.78, 5) is 0. The molecule has 0 bridgehead atoms. The average molecular weight is 345 g/mol. The molecular weight excluding hydrogens is 329 g/mol. The molecule has 0 atom stereocenters. The van der Waals surface area contributed by atoms with Crippen LogP contribution in [0.5, 0.6) is 11.5 Å². The highest BCUT2D eigenvalue weighted by atomic mass is 35.5. The van der Waals surface area contributed by atoms with Gasteiger partial charge in [0.25, 0.3) is 0 Å². The van der Waals surface area contributed by atoms with Crippen molar-refractivity contribution in [3.05, 3.63) is 56.5 Å². The number of ether oxygens (including phenoxy) is 1. The number of halogens is 3. The summed E-state index contributed by atoms with van der Waals surface area (Å²) in [6, 6.07) is 9.24. The second-order valence-corrected chi connectivity index (χ2v) is 5.90. The summed E-state index contributed by atoms with van der Waals surface area (Å²) >= 11 is 18.0. The standard InChI is InChI=1S/C16H16Cl3NO/c1-3-20-9-11-4-5-15(10(2)6-11)21-16-8-13(18)12(17)7-14(16)19/h4-8,20H,3,9H2,1-2H3. The predicted molar refractivity (Wildman–Crippen MR) is 90.1 cm³/mol. The van der Waals surface area contributed by atoms with Gasteiger partial charge in [-0.15, -0.1) is 0 Å². The molecule has 0 amide bonds. The van der Waals surface area contributed by atoms with Crippen LogP contribution in [0.15, 0.2) is 30.3 Å². The van der Waals surface area contributed by atoms with Crippen molar-refractivity contribution in [2.24, 2.45) is 0 Å². The van der Waals surface area contributed by atoms with E-state index in [-0.39, 0.29) is 0 Å². The lowest BCUT2D eigenvalue weighted by Crippen LogP contribution is -2.11. The van der Waals surface area contributed by atoms with Gasteiger partial charge in [-0.3, -0.25) is 0 Å². The molecule has 0 aliphatic heterocycles. The van der Waals surface area contributed by atoms with Crippen LogP contribution in [-0.4, -0.2) is 6.54 Å². The van der Waals surface area contributed by atoms with Crippen molar-refractivity contribution >= 4 is 34.8 Å². The monoisotopic (exact) mass is 343 g/mol. The summed E-state index contributed by atoms with van der Waals surface area (Å²) in [7, 11) is 0. The number of benzene rings is 2. The quantitative estimate of drug-likeness (QED) is 0.686. The molecule has 0 aromatic heterocycles. The van der Waals surface area contributed by atoms with Gasteiger partial charge in [0.05, 0.1) is 15.1 Å². The van der Waals surface area contributed by atoms with Crippen molar-refractivity contribution in [2.45, 2.75) is 20.4 Å². The first-order valence-corrected chi connectivity index (χ1v) is 7.77. The van der Waals surface area contributed by atoms with E-state index < -0.39 is 0 Å². The number of aryl methyl sites for hydroxylation is 1. The number of hydrogen-bond donors (Lipinski definition) is 1. The van der Waals surface area contributed by atoms with Crippen LogP contribution in [-0.2, 0) is 6.54 Å². The molecule has 1 N–H and O–H groups in total. The molecule has 0 radical (unpaired) electrons. The van der Waals surface area contributed by atoms with Crippen LogP contribution in [0.2, 0.25) is 15.1 Å². The Kier molecular flexibility index (Phi) is 5.77.